The lowest BCUT2D eigenvalue weighted by atomic mass is 9.92. The normalized spacial score (nSPS) is 15.2. The van der Waals surface area contributed by atoms with Crippen molar-refractivity contribution >= 4 is 59.1 Å². The lowest BCUT2D eigenvalue weighted by Gasteiger charge is -2.32. The zero-order chi connectivity index (χ0) is 72.9. The van der Waals surface area contributed by atoms with E-state index in [1.54, 1.807) is 18.7 Å². The van der Waals surface area contributed by atoms with Crippen LogP contribution in [0.1, 0.15) is 157 Å². The molecular formula is C87H102N4O14. The maximum absolute atomic E-state index is 14.5. The Bertz CT molecular complexity index is 4020. The van der Waals surface area contributed by atoms with Gasteiger partial charge < -0.3 is 38.9 Å². The van der Waals surface area contributed by atoms with Gasteiger partial charge in [-0.15, -0.1) is 0 Å². The summed E-state index contributed by atoms with van der Waals surface area (Å²) in [6, 6.07) is 57.9. The Kier molecular flexibility index (Phi) is 29.8. The zero-order valence-electron chi connectivity index (χ0n) is 59.4. The number of carboxylic acids is 1. The number of benzene rings is 7. The molecule has 11 rings (SSSR count). The molecule has 0 spiro atoms. The third-order valence-corrected chi connectivity index (χ3v) is 20.5. The predicted octanol–water partition coefficient (Wildman–Crippen LogP) is 13.9. The fraction of sp³-hybridized carbons (Fsp3) is 0.402. The van der Waals surface area contributed by atoms with E-state index in [1.807, 2.05) is 181 Å². The van der Waals surface area contributed by atoms with Crippen LogP contribution >= 0.6 is 0 Å². The third kappa shape index (κ3) is 21.2. The highest BCUT2D eigenvalue weighted by Gasteiger charge is 2.40. The highest BCUT2D eigenvalue weighted by atomic mass is 16.5. The van der Waals surface area contributed by atoms with E-state index < -0.39 is 84.3 Å². The number of nitrogens with zero attached hydrogens (tertiary/aromatic N) is 4. The largest absolute Gasteiger partial charge is 0.481 e. The highest BCUT2D eigenvalue weighted by molar-refractivity contribution is 5.96. The Labute approximate surface area is 618 Å². The molecular weight excluding hydrogens is 1320 g/mol. The monoisotopic (exact) mass is 1430 g/mol. The minimum atomic E-state index is -1.24. The van der Waals surface area contributed by atoms with Crippen molar-refractivity contribution < 1.29 is 67.3 Å². The molecule has 0 aromatic heterocycles. The van der Waals surface area contributed by atoms with E-state index in [-0.39, 0.29) is 108 Å². The highest BCUT2D eigenvalue weighted by Crippen LogP contribution is 2.46. The Hall–Kier alpha value is -10.4. The standard InChI is InChI=1S/C46H50N2O7.C39H44N2O7.2CH4/c1-32(45(52)48-24-14-5-15-25-48)26-42(49)41(27-33-16-6-3-7-17-33)47(2)46(53)35(28-43(50)54-30-34-18-8-4-9-19-34)29-44(51)55-31-40-38-22-12-10-20-36(38)37-21-11-13-23-39(37)40;1-26(38(46)41-19-11-4-12-20-41)21-35(42)34(22-27-13-5-3-6-14-27)40(2)39(47)28(23-36(43)44)24-37(45)48-25-33-31-17-9-7-15-29(31)30-16-8-10-18-32(30)33;;/h3-4,6-13,16-23,32,35,40-41H,5,14-15,24-31H2,1-2H3;3,5-10,13-18,26,28,33-34H,4,11-12,19-25H2,1-2H3,(H,43,44);2*1H4/t32-,35-,41+;26-,28-,34+;;/m11../s1. The van der Waals surface area contributed by atoms with E-state index in [0.717, 1.165) is 99.7 Å². The number of likely N-dealkylation sites (N-methyl/N-ethyl adjacent to an activating group) is 2. The fourth-order valence-corrected chi connectivity index (χ4v) is 14.8. The number of aliphatic carboxylic acids is 1. The second-order valence-corrected chi connectivity index (χ2v) is 27.8. The molecule has 0 bridgehead atoms. The van der Waals surface area contributed by atoms with Crippen LogP contribution in [0.25, 0.3) is 22.3 Å². The minimum Gasteiger partial charge on any atom is -0.481 e. The summed E-state index contributed by atoms with van der Waals surface area (Å²) >= 11 is 0. The number of hydrogen-bond donors (Lipinski definition) is 1. The van der Waals surface area contributed by atoms with E-state index in [0.29, 0.717) is 26.2 Å². The molecule has 0 radical (unpaired) electrons. The average Bonchev–Trinajstić information content (AvgIpc) is 1.63. The van der Waals surface area contributed by atoms with Crippen molar-refractivity contribution in [2.24, 2.45) is 23.7 Å². The maximum atomic E-state index is 14.5. The second kappa shape index (κ2) is 39.0. The number of piperidine rings is 2. The molecule has 18 nitrogen and oxygen atoms in total. The summed E-state index contributed by atoms with van der Waals surface area (Å²) in [6.07, 6.45) is 4.44. The van der Waals surface area contributed by atoms with Gasteiger partial charge in [0.25, 0.3) is 0 Å². The number of carbonyl (C=O) groups is 10. The molecule has 7 aromatic rings. The molecule has 0 unspecified atom stereocenters. The SMILES string of the molecule is C.C.C[C@H](CC(=O)[C@H](Cc1ccccc1)N(C)C(=O)[C@H](CC(=O)O)CC(=O)OCC1c2ccccc2-c2ccccc21)C(=O)N1CCCCC1.C[C@H](CC(=O)[C@H](Cc1ccccc1)N(C)C(=O)[C@H](CC(=O)OCc1ccccc1)CC(=O)OCC1c2ccccc2-c2ccccc21)C(=O)N1CCCCC1. The van der Waals surface area contributed by atoms with E-state index in [9.17, 15) is 53.1 Å². The average molecular weight is 1430 g/mol. The summed E-state index contributed by atoms with van der Waals surface area (Å²) in [5.74, 6) is -8.91. The van der Waals surface area contributed by atoms with Crippen molar-refractivity contribution in [1.82, 2.24) is 19.6 Å². The van der Waals surface area contributed by atoms with Gasteiger partial charge in [0, 0.05) is 76.8 Å². The number of esters is 3. The van der Waals surface area contributed by atoms with Crippen molar-refractivity contribution in [3.05, 3.63) is 227 Å². The first-order valence-corrected chi connectivity index (χ1v) is 36.2. The molecule has 2 aliphatic carbocycles. The van der Waals surface area contributed by atoms with Crippen molar-refractivity contribution in [3.63, 3.8) is 0 Å². The summed E-state index contributed by atoms with van der Waals surface area (Å²) < 4.78 is 17.1. The van der Waals surface area contributed by atoms with E-state index in [1.165, 1.54) is 23.9 Å². The van der Waals surface area contributed by atoms with Crippen LogP contribution in [0.3, 0.4) is 0 Å². The number of ketones is 2. The van der Waals surface area contributed by atoms with Crippen LogP contribution in [0, 0.1) is 23.7 Å². The Morgan fingerprint density at radius 2 is 0.686 bits per heavy atom. The molecule has 0 saturated carbocycles. The number of carboxylic acid groups (broad SMARTS) is 1. The van der Waals surface area contributed by atoms with Crippen molar-refractivity contribution in [2.45, 2.75) is 149 Å². The number of carbonyl (C=O) groups excluding carboxylic acids is 9. The van der Waals surface area contributed by atoms with Gasteiger partial charge in [0.2, 0.25) is 23.6 Å². The van der Waals surface area contributed by atoms with Gasteiger partial charge in [-0.1, -0.05) is 217 Å². The van der Waals surface area contributed by atoms with Gasteiger partial charge >= 0.3 is 23.9 Å². The molecule has 2 aliphatic heterocycles. The van der Waals surface area contributed by atoms with Crippen LogP contribution < -0.4 is 0 Å². The lowest BCUT2D eigenvalue weighted by Crippen LogP contribution is -2.48. The number of amides is 4. The number of ether oxygens (including phenoxy) is 3. The van der Waals surface area contributed by atoms with Gasteiger partial charge in [-0.2, -0.15) is 0 Å². The van der Waals surface area contributed by atoms with Gasteiger partial charge in [0.05, 0.1) is 49.6 Å². The quantitative estimate of drug-likeness (QED) is 0.0326. The van der Waals surface area contributed by atoms with Crippen molar-refractivity contribution in [3.8, 4) is 22.3 Å². The molecule has 2 heterocycles. The molecule has 6 atom stereocenters. The van der Waals surface area contributed by atoms with Crippen molar-refractivity contribution in [1.29, 1.82) is 0 Å². The van der Waals surface area contributed by atoms with Gasteiger partial charge in [-0.25, -0.2) is 0 Å². The predicted molar refractivity (Wildman–Crippen MR) is 404 cm³/mol. The Morgan fingerprint density at radius 3 is 1.02 bits per heavy atom. The van der Waals surface area contributed by atoms with Gasteiger partial charge in [-0.3, -0.25) is 47.9 Å². The van der Waals surface area contributed by atoms with Gasteiger partial charge in [-0.05, 0) is 113 Å². The summed E-state index contributed by atoms with van der Waals surface area (Å²) in [5.41, 5.74) is 11.0. The summed E-state index contributed by atoms with van der Waals surface area (Å²) in [7, 11) is 3.00. The van der Waals surface area contributed by atoms with Crippen molar-refractivity contribution in [2.75, 3.05) is 53.5 Å². The molecule has 554 valence electrons. The van der Waals surface area contributed by atoms with Gasteiger partial charge in [0.15, 0.2) is 11.6 Å². The molecule has 2 saturated heterocycles. The smallest absolute Gasteiger partial charge is 0.306 e. The molecule has 4 amide bonds. The first-order chi connectivity index (χ1) is 49.8. The number of hydrogen-bond acceptors (Lipinski definition) is 13. The number of Topliss-reactive ketones (excluding diaryl/α,β-unsaturated/α-hetero) is 2. The zero-order valence-corrected chi connectivity index (χ0v) is 59.4. The molecule has 1 N–H and O–H groups in total. The summed E-state index contributed by atoms with van der Waals surface area (Å²) in [6.45, 7) is 6.35. The minimum absolute atomic E-state index is 0. The Morgan fingerprint density at radius 1 is 0.390 bits per heavy atom. The summed E-state index contributed by atoms with van der Waals surface area (Å²) in [4.78, 5) is 141. The molecule has 4 aliphatic rings. The van der Waals surface area contributed by atoms with Crippen LogP contribution in [-0.4, -0.2) is 149 Å². The Balaban J connectivity index is 0.000000263. The number of rotatable bonds is 30. The van der Waals surface area contributed by atoms with Crippen LogP contribution in [0.15, 0.2) is 188 Å². The fourth-order valence-electron chi connectivity index (χ4n) is 14.8. The van der Waals surface area contributed by atoms with Crippen LogP contribution in [0.2, 0.25) is 0 Å². The molecule has 18 heteroatoms. The first kappa shape index (κ1) is 80.3. The topological polar surface area (TPSA) is 232 Å². The second-order valence-electron chi connectivity index (χ2n) is 27.8. The van der Waals surface area contributed by atoms with Crippen LogP contribution in [0.4, 0.5) is 0 Å². The van der Waals surface area contributed by atoms with E-state index >= 15 is 0 Å². The van der Waals surface area contributed by atoms with Crippen LogP contribution in [-0.2, 0) is 81.6 Å². The van der Waals surface area contributed by atoms with E-state index in [2.05, 4.69) is 12.1 Å². The molecule has 2 fully saturated rings. The molecule has 7 aromatic carbocycles. The number of fused-ring (bicyclic) bond motifs is 6. The maximum Gasteiger partial charge on any atom is 0.306 e. The van der Waals surface area contributed by atoms with Gasteiger partial charge in [0.1, 0.15) is 19.8 Å². The lowest BCUT2D eigenvalue weighted by molar-refractivity contribution is -0.155. The van der Waals surface area contributed by atoms with Crippen LogP contribution in [0.5, 0.6) is 0 Å². The number of likely N-dealkylation sites (tertiary alicyclic amines) is 2. The molecule has 105 heavy (non-hydrogen) atoms. The van der Waals surface area contributed by atoms with E-state index in [4.69, 9.17) is 14.2 Å². The summed E-state index contributed by atoms with van der Waals surface area (Å²) in [5, 5.41) is 9.70. The third-order valence-electron chi connectivity index (χ3n) is 20.5. The first-order valence-electron chi connectivity index (χ1n) is 36.2.